The van der Waals surface area contributed by atoms with Crippen molar-refractivity contribution in [1.29, 1.82) is 0 Å². The summed E-state index contributed by atoms with van der Waals surface area (Å²) in [6.45, 7) is 21.7. The Hall–Kier alpha value is -4.82. The van der Waals surface area contributed by atoms with Crippen LogP contribution in [0.5, 0.6) is 5.75 Å². The van der Waals surface area contributed by atoms with E-state index in [9.17, 15) is 24.0 Å². The van der Waals surface area contributed by atoms with E-state index in [1.54, 1.807) is 22.8 Å². The largest absolute Gasteiger partial charge is 0.516 e. The standard InChI is InChI=1S/C58H78N2O11Si/c1-11-39-41-29-37(17-21-48(41)59-52-42(39)31-60-49(52)30-47-43(53(60)63)32-66-54(64)58(47,12-2)71-72(8,9)10)70-55(65)68-33-67-50(61)22-23-51(62)69-38-24-26-56(6)36(28-38)16-18-40-45-20-19-44(35(5)15-13-14-34(3)4)57(45,7)27-25-46(40)56/h16-17,21,29-30,34-35,38,40,44-46H,11-15,18-20,22-28,31-33H2,1-10H3/t35-,38+,40+,44-,45+,46+,56+,57-,58+/m1/s1. The molecule has 4 heterocycles. The number of carbonyl (C=O) groups is 4. The molecule has 72 heavy (non-hydrogen) atoms. The first kappa shape index (κ1) is 52.1. The van der Waals surface area contributed by atoms with E-state index in [4.69, 9.17) is 33.1 Å². The molecule has 0 saturated heterocycles. The summed E-state index contributed by atoms with van der Waals surface area (Å²) < 4.78 is 35.5. The molecule has 14 heteroatoms. The number of carbonyl (C=O) groups excluding carboxylic acids is 4. The minimum Gasteiger partial charge on any atom is -0.462 e. The second kappa shape index (κ2) is 20.1. The van der Waals surface area contributed by atoms with Gasteiger partial charge in [-0.15, -0.1) is 0 Å². The van der Waals surface area contributed by atoms with Crippen LogP contribution in [-0.4, -0.2) is 54.8 Å². The maximum Gasteiger partial charge on any atom is 0.516 e. The summed E-state index contributed by atoms with van der Waals surface area (Å²) >= 11 is 0. The Morgan fingerprint density at radius 1 is 0.917 bits per heavy atom. The fourth-order valence-electron chi connectivity index (χ4n) is 14.8. The molecule has 3 saturated carbocycles. The van der Waals surface area contributed by atoms with Gasteiger partial charge in [0, 0.05) is 22.9 Å². The first-order chi connectivity index (χ1) is 34.2. The number of aromatic nitrogens is 2. The smallest absolute Gasteiger partial charge is 0.462 e. The molecule has 1 aromatic carbocycles. The highest BCUT2D eigenvalue weighted by Gasteiger charge is 2.59. The van der Waals surface area contributed by atoms with Crippen molar-refractivity contribution in [3.8, 4) is 17.1 Å². The fraction of sp³-hybridized carbons (Fsp3) is 0.655. The van der Waals surface area contributed by atoms with Gasteiger partial charge in [-0.1, -0.05) is 79.4 Å². The number of nitrogens with zero attached hydrogens (tertiary/aromatic N) is 2. The number of hydrogen-bond acceptors (Lipinski definition) is 12. The second-order valence-corrected chi connectivity index (χ2v) is 28.4. The normalized spacial score (nSPS) is 28.6. The topological polar surface area (TPSA) is 159 Å². The highest BCUT2D eigenvalue weighted by Crippen LogP contribution is 2.67. The van der Waals surface area contributed by atoms with Crippen molar-refractivity contribution in [2.24, 2.45) is 46.3 Å². The van der Waals surface area contributed by atoms with E-state index >= 15 is 0 Å². The van der Waals surface area contributed by atoms with Crippen molar-refractivity contribution in [3.63, 3.8) is 0 Å². The summed E-state index contributed by atoms with van der Waals surface area (Å²) in [4.78, 5) is 71.0. The van der Waals surface area contributed by atoms with Gasteiger partial charge < -0.3 is 32.7 Å². The zero-order chi connectivity index (χ0) is 51.5. The lowest BCUT2D eigenvalue weighted by Gasteiger charge is -2.58. The second-order valence-electron chi connectivity index (χ2n) is 24.0. The number of fused-ring (bicyclic) bond motifs is 10. The number of pyridine rings is 2. The minimum absolute atomic E-state index is 0.125. The highest BCUT2D eigenvalue weighted by molar-refractivity contribution is 6.70. The van der Waals surface area contributed by atoms with Crippen LogP contribution in [0.25, 0.3) is 22.3 Å². The average Bonchev–Trinajstić information content (AvgIpc) is 3.88. The molecular formula is C58H78N2O11Si. The predicted molar refractivity (Wildman–Crippen MR) is 276 cm³/mol. The van der Waals surface area contributed by atoms with Crippen LogP contribution in [0, 0.1) is 46.3 Å². The molecule has 9 atom stereocenters. The summed E-state index contributed by atoms with van der Waals surface area (Å²) in [6, 6.07) is 6.91. The lowest BCUT2D eigenvalue weighted by molar-refractivity contribution is -0.169. The number of hydrogen-bond donors (Lipinski definition) is 0. The number of allylic oxidation sites excluding steroid dienone is 1. The van der Waals surface area contributed by atoms with Crippen molar-refractivity contribution in [2.75, 3.05) is 6.79 Å². The highest BCUT2D eigenvalue weighted by atomic mass is 28.4. The van der Waals surface area contributed by atoms with Crippen LogP contribution >= 0.6 is 0 Å². The molecule has 0 spiro atoms. The molecule has 4 aliphatic carbocycles. The van der Waals surface area contributed by atoms with Crippen LogP contribution in [0.1, 0.15) is 161 Å². The van der Waals surface area contributed by atoms with Crippen molar-refractivity contribution >= 4 is 43.3 Å². The summed E-state index contributed by atoms with van der Waals surface area (Å²) in [6.07, 6.45) is 14.9. The molecule has 6 aliphatic rings. The number of esters is 3. The monoisotopic (exact) mass is 1010 g/mol. The number of ether oxygens (including phenoxy) is 5. The average molecular weight is 1010 g/mol. The Morgan fingerprint density at radius 3 is 2.43 bits per heavy atom. The predicted octanol–water partition coefficient (Wildman–Crippen LogP) is 12.3. The van der Waals surface area contributed by atoms with Gasteiger partial charge in [0.2, 0.25) is 6.79 Å². The molecule has 0 N–H and O–H groups in total. The summed E-state index contributed by atoms with van der Waals surface area (Å²) in [5.74, 6) is 3.20. The van der Waals surface area contributed by atoms with E-state index in [0.717, 1.165) is 71.8 Å². The Balaban J connectivity index is 0.753. The molecule has 390 valence electrons. The third kappa shape index (κ3) is 9.61. The van der Waals surface area contributed by atoms with Crippen LogP contribution in [-0.2, 0) is 62.9 Å². The maximum absolute atomic E-state index is 14.1. The molecule has 0 amide bonds. The van der Waals surface area contributed by atoms with Crippen LogP contribution in [0.15, 0.2) is 40.7 Å². The molecule has 9 rings (SSSR count). The summed E-state index contributed by atoms with van der Waals surface area (Å²) in [5.41, 5.74) is 5.06. The lowest BCUT2D eigenvalue weighted by atomic mass is 9.47. The van der Waals surface area contributed by atoms with Crippen molar-refractivity contribution in [3.05, 3.63) is 68.5 Å². The Labute approximate surface area is 426 Å². The number of benzene rings is 1. The van der Waals surface area contributed by atoms with E-state index in [2.05, 4.69) is 40.7 Å². The number of cyclic esters (lactones) is 1. The van der Waals surface area contributed by atoms with Gasteiger partial charge in [-0.05, 0) is 154 Å². The quantitative estimate of drug-likeness (QED) is 0.0261. The molecule has 3 aromatic rings. The van der Waals surface area contributed by atoms with Gasteiger partial charge in [0.25, 0.3) is 5.56 Å². The van der Waals surface area contributed by atoms with Crippen LogP contribution in [0.2, 0.25) is 19.6 Å². The van der Waals surface area contributed by atoms with E-state index in [-0.39, 0.29) is 48.8 Å². The molecule has 0 unspecified atom stereocenters. The van der Waals surface area contributed by atoms with Gasteiger partial charge in [-0.25, -0.2) is 14.6 Å². The molecule has 0 radical (unpaired) electrons. The van der Waals surface area contributed by atoms with Crippen molar-refractivity contribution in [1.82, 2.24) is 9.55 Å². The van der Waals surface area contributed by atoms with Gasteiger partial charge in [-0.2, -0.15) is 0 Å². The lowest BCUT2D eigenvalue weighted by Crippen LogP contribution is -2.51. The van der Waals surface area contributed by atoms with Crippen molar-refractivity contribution < 1.29 is 47.3 Å². The van der Waals surface area contributed by atoms with Gasteiger partial charge in [0.1, 0.15) is 18.5 Å². The minimum atomic E-state index is -2.29. The van der Waals surface area contributed by atoms with E-state index < -0.39 is 44.8 Å². The van der Waals surface area contributed by atoms with Gasteiger partial charge in [0.05, 0.1) is 41.9 Å². The Morgan fingerprint density at radius 2 is 1.69 bits per heavy atom. The fourth-order valence-corrected chi connectivity index (χ4v) is 16.2. The zero-order valence-electron chi connectivity index (χ0n) is 44.5. The van der Waals surface area contributed by atoms with Gasteiger partial charge >= 0.3 is 24.1 Å². The first-order valence-electron chi connectivity index (χ1n) is 27.2. The van der Waals surface area contributed by atoms with E-state index in [1.165, 1.54) is 50.5 Å². The van der Waals surface area contributed by atoms with Crippen molar-refractivity contribution in [2.45, 2.75) is 189 Å². The summed E-state index contributed by atoms with van der Waals surface area (Å²) in [7, 11) is -2.29. The summed E-state index contributed by atoms with van der Waals surface area (Å²) in [5, 5.41) is 0.742. The van der Waals surface area contributed by atoms with Gasteiger partial charge in [0.15, 0.2) is 13.9 Å². The maximum atomic E-state index is 14.1. The molecule has 2 aromatic heterocycles. The molecular weight excluding hydrogens is 929 g/mol. The van der Waals surface area contributed by atoms with E-state index in [0.29, 0.717) is 52.2 Å². The third-order valence-electron chi connectivity index (χ3n) is 18.3. The number of rotatable bonds is 16. The Bertz CT molecular complexity index is 2720. The number of aryl methyl sites for hydroxylation is 1. The van der Waals surface area contributed by atoms with Crippen LogP contribution in [0.3, 0.4) is 0 Å². The van der Waals surface area contributed by atoms with E-state index in [1.807, 2.05) is 39.6 Å². The zero-order valence-corrected chi connectivity index (χ0v) is 45.5. The SMILES string of the molecule is CCc1c2c(nc3ccc(OC(=O)OCOC(=O)CCC(=O)O[C@H]4CC[C@@]5(C)C(=CC[C@H]6[C@@H]7CC[C@H]([C@H](C)CCCC(C)C)[C@@]7(C)CC[C@@H]65)C4)cc13)-c1cc3c(c(=O)n1C2)COC(=O)[C@@]3(CC)O[Si](C)(C)C. The third-order valence-corrected chi connectivity index (χ3v) is 19.2. The first-order valence-corrected chi connectivity index (χ1v) is 30.6. The molecule has 2 aliphatic heterocycles. The molecule has 13 nitrogen and oxygen atoms in total. The molecule has 3 fully saturated rings. The molecule has 0 bridgehead atoms. The van der Waals surface area contributed by atoms with Crippen LogP contribution < -0.4 is 10.3 Å². The Kier molecular flexibility index (Phi) is 14.6. The van der Waals surface area contributed by atoms with Gasteiger partial charge in [-0.3, -0.25) is 14.4 Å². The van der Waals surface area contributed by atoms with Crippen LogP contribution in [0.4, 0.5) is 4.79 Å².